The van der Waals surface area contributed by atoms with Crippen molar-refractivity contribution in [1.29, 1.82) is 0 Å². The standard InChI is InChI=1S/C14H20O3/c1-10(2)9-16-13-8-6-5-7-12(13)14(15)17-11(3)4/h5-8,10-11H,9H2,1-4H3. The third-order valence-corrected chi connectivity index (χ3v) is 2.02. The van der Waals surface area contributed by atoms with E-state index in [9.17, 15) is 4.79 Å². The van der Waals surface area contributed by atoms with Crippen LogP contribution in [0, 0.1) is 5.92 Å². The SMILES string of the molecule is CC(C)COc1ccccc1C(=O)OC(C)C. The van der Waals surface area contributed by atoms with Crippen LogP contribution in [0.2, 0.25) is 0 Å². The minimum absolute atomic E-state index is 0.124. The molecule has 0 saturated carbocycles. The number of hydrogen-bond donors (Lipinski definition) is 0. The Bertz CT molecular complexity index is 369. The summed E-state index contributed by atoms with van der Waals surface area (Å²) in [5.74, 6) is 0.676. The highest BCUT2D eigenvalue weighted by molar-refractivity contribution is 5.92. The van der Waals surface area contributed by atoms with Crippen LogP contribution in [0.25, 0.3) is 0 Å². The highest BCUT2D eigenvalue weighted by atomic mass is 16.5. The summed E-state index contributed by atoms with van der Waals surface area (Å²) >= 11 is 0. The Morgan fingerprint density at radius 1 is 1.18 bits per heavy atom. The number of carbonyl (C=O) groups is 1. The fraction of sp³-hybridized carbons (Fsp3) is 0.500. The number of benzene rings is 1. The number of esters is 1. The van der Waals surface area contributed by atoms with Gasteiger partial charge in [-0.2, -0.15) is 0 Å². The molecule has 0 spiro atoms. The molecule has 0 aliphatic rings. The lowest BCUT2D eigenvalue weighted by molar-refractivity contribution is 0.0373. The van der Waals surface area contributed by atoms with Gasteiger partial charge in [-0.3, -0.25) is 0 Å². The summed E-state index contributed by atoms with van der Waals surface area (Å²) < 4.78 is 10.8. The second-order valence-corrected chi connectivity index (χ2v) is 4.66. The molecule has 0 atom stereocenters. The Labute approximate surface area is 103 Å². The molecular formula is C14H20O3. The summed E-state index contributed by atoms with van der Waals surface area (Å²) in [5.41, 5.74) is 0.488. The van der Waals surface area contributed by atoms with E-state index in [0.29, 0.717) is 23.8 Å². The highest BCUT2D eigenvalue weighted by Gasteiger charge is 2.14. The lowest BCUT2D eigenvalue weighted by Gasteiger charge is -2.13. The first-order chi connectivity index (χ1) is 8.00. The molecule has 0 aliphatic heterocycles. The lowest BCUT2D eigenvalue weighted by Crippen LogP contribution is -2.14. The molecule has 0 radical (unpaired) electrons. The van der Waals surface area contributed by atoms with Crippen LogP contribution in [-0.4, -0.2) is 18.7 Å². The van der Waals surface area contributed by atoms with Crippen molar-refractivity contribution in [2.45, 2.75) is 33.8 Å². The Hall–Kier alpha value is -1.51. The zero-order valence-electron chi connectivity index (χ0n) is 10.9. The molecule has 1 rings (SSSR count). The normalized spacial score (nSPS) is 10.7. The van der Waals surface area contributed by atoms with Gasteiger partial charge in [0.1, 0.15) is 11.3 Å². The molecule has 0 heterocycles. The zero-order valence-corrected chi connectivity index (χ0v) is 10.9. The largest absolute Gasteiger partial charge is 0.492 e. The van der Waals surface area contributed by atoms with Crippen molar-refractivity contribution in [2.24, 2.45) is 5.92 Å². The van der Waals surface area contributed by atoms with Crippen molar-refractivity contribution in [1.82, 2.24) is 0 Å². The molecule has 0 aliphatic carbocycles. The second kappa shape index (κ2) is 6.28. The predicted octanol–water partition coefficient (Wildman–Crippen LogP) is 3.29. The van der Waals surface area contributed by atoms with Gasteiger partial charge in [0.2, 0.25) is 0 Å². The average molecular weight is 236 g/mol. The number of carbonyl (C=O) groups excluding carboxylic acids is 1. The molecule has 0 unspecified atom stereocenters. The van der Waals surface area contributed by atoms with E-state index in [4.69, 9.17) is 9.47 Å². The van der Waals surface area contributed by atoms with Gasteiger partial charge in [0, 0.05) is 0 Å². The molecular weight excluding hydrogens is 216 g/mol. The van der Waals surface area contributed by atoms with Crippen molar-refractivity contribution in [3.05, 3.63) is 29.8 Å². The molecule has 1 aromatic carbocycles. The van der Waals surface area contributed by atoms with Crippen molar-refractivity contribution in [3.63, 3.8) is 0 Å². The van der Waals surface area contributed by atoms with E-state index in [1.54, 1.807) is 18.2 Å². The molecule has 94 valence electrons. The van der Waals surface area contributed by atoms with Crippen molar-refractivity contribution in [3.8, 4) is 5.75 Å². The minimum atomic E-state index is -0.334. The fourth-order valence-electron chi connectivity index (χ4n) is 1.30. The van der Waals surface area contributed by atoms with E-state index in [1.165, 1.54) is 0 Å². The van der Waals surface area contributed by atoms with Crippen LogP contribution in [0.5, 0.6) is 5.75 Å². The molecule has 0 aromatic heterocycles. The summed E-state index contributed by atoms with van der Waals surface area (Å²) in [6.07, 6.45) is -0.124. The summed E-state index contributed by atoms with van der Waals surface area (Å²) in [6.45, 7) is 8.38. The van der Waals surface area contributed by atoms with Gasteiger partial charge in [-0.1, -0.05) is 26.0 Å². The first-order valence-electron chi connectivity index (χ1n) is 5.93. The minimum Gasteiger partial charge on any atom is -0.492 e. The van der Waals surface area contributed by atoms with E-state index in [1.807, 2.05) is 19.9 Å². The quantitative estimate of drug-likeness (QED) is 0.736. The predicted molar refractivity (Wildman–Crippen MR) is 67.3 cm³/mol. The first-order valence-corrected chi connectivity index (χ1v) is 5.93. The molecule has 0 N–H and O–H groups in total. The molecule has 17 heavy (non-hydrogen) atoms. The molecule has 0 bridgehead atoms. The van der Waals surface area contributed by atoms with Crippen LogP contribution in [0.4, 0.5) is 0 Å². The Balaban J connectivity index is 2.80. The third kappa shape index (κ3) is 4.47. The summed E-state index contributed by atoms with van der Waals surface area (Å²) in [6, 6.07) is 7.17. The smallest absolute Gasteiger partial charge is 0.342 e. The Morgan fingerprint density at radius 2 is 1.82 bits per heavy atom. The van der Waals surface area contributed by atoms with E-state index >= 15 is 0 Å². The lowest BCUT2D eigenvalue weighted by atomic mass is 10.2. The number of para-hydroxylation sites is 1. The van der Waals surface area contributed by atoms with Crippen molar-refractivity contribution < 1.29 is 14.3 Å². The van der Waals surface area contributed by atoms with Crippen LogP contribution in [0.1, 0.15) is 38.1 Å². The maximum absolute atomic E-state index is 11.8. The van der Waals surface area contributed by atoms with Gasteiger partial charge in [-0.25, -0.2) is 4.79 Å². The summed E-state index contributed by atoms with van der Waals surface area (Å²) in [7, 11) is 0. The summed E-state index contributed by atoms with van der Waals surface area (Å²) in [4.78, 5) is 11.8. The molecule has 0 saturated heterocycles. The first kappa shape index (κ1) is 13.6. The van der Waals surface area contributed by atoms with E-state index in [2.05, 4.69) is 13.8 Å². The number of hydrogen-bond acceptors (Lipinski definition) is 3. The van der Waals surface area contributed by atoms with Crippen molar-refractivity contribution >= 4 is 5.97 Å². The molecule has 3 nitrogen and oxygen atoms in total. The molecule has 0 fully saturated rings. The van der Waals surface area contributed by atoms with Crippen LogP contribution in [-0.2, 0) is 4.74 Å². The Kier molecular flexibility index (Phi) is 5.01. The van der Waals surface area contributed by atoms with Gasteiger partial charge in [0.05, 0.1) is 12.7 Å². The second-order valence-electron chi connectivity index (χ2n) is 4.66. The number of ether oxygens (including phenoxy) is 2. The van der Waals surface area contributed by atoms with Gasteiger partial charge >= 0.3 is 5.97 Å². The number of rotatable bonds is 5. The van der Waals surface area contributed by atoms with Gasteiger partial charge < -0.3 is 9.47 Å². The topological polar surface area (TPSA) is 35.5 Å². The van der Waals surface area contributed by atoms with Gasteiger partial charge in [0.15, 0.2) is 0 Å². The highest BCUT2D eigenvalue weighted by Crippen LogP contribution is 2.20. The van der Waals surface area contributed by atoms with Gasteiger partial charge in [-0.05, 0) is 31.9 Å². The average Bonchev–Trinajstić information content (AvgIpc) is 2.25. The maximum Gasteiger partial charge on any atom is 0.342 e. The Morgan fingerprint density at radius 3 is 2.41 bits per heavy atom. The van der Waals surface area contributed by atoms with Gasteiger partial charge in [0.25, 0.3) is 0 Å². The molecule has 1 aromatic rings. The van der Waals surface area contributed by atoms with Gasteiger partial charge in [-0.15, -0.1) is 0 Å². The van der Waals surface area contributed by atoms with Crippen LogP contribution in [0.15, 0.2) is 24.3 Å². The summed E-state index contributed by atoms with van der Waals surface area (Å²) in [5, 5.41) is 0. The monoisotopic (exact) mass is 236 g/mol. The van der Waals surface area contributed by atoms with E-state index < -0.39 is 0 Å². The van der Waals surface area contributed by atoms with Crippen LogP contribution >= 0.6 is 0 Å². The third-order valence-electron chi connectivity index (χ3n) is 2.02. The van der Waals surface area contributed by atoms with E-state index in [-0.39, 0.29) is 12.1 Å². The molecule has 0 amide bonds. The maximum atomic E-state index is 11.8. The fourth-order valence-corrected chi connectivity index (χ4v) is 1.30. The molecule has 3 heteroatoms. The van der Waals surface area contributed by atoms with E-state index in [0.717, 1.165) is 0 Å². The van der Waals surface area contributed by atoms with Crippen LogP contribution < -0.4 is 4.74 Å². The van der Waals surface area contributed by atoms with Crippen molar-refractivity contribution in [2.75, 3.05) is 6.61 Å². The zero-order chi connectivity index (χ0) is 12.8. The van der Waals surface area contributed by atoms with Crippen LogP contribution in [0.3, 0.4) is 0 Å².